The lowest BCUT2D eigenvalue weighted by Crippen LogP contribution is -2.59. The molecular formula is C47H66N12O11. The fraction of sp³-hybridized carbons (Fsp3) is 0.532. The van der Waals surface area contributed by atoms with E-state index in [0.29, 0.717) is 43.2 Å². The number of rotatable bonds is 24. The van der Waals surface area contributed by atoms with Crippen LogP contribution in [0.3, 0.4) is 0 Å². The number of aliphatic hydroxyl groups is 1. The highest BCUT2D eigenvalue weighted by Crippen LogP contribution is 2.26. The average Bonchev–Trinajstić information content (AvgIpc) is 4.16. The second-order valence-electron chi connectivity index (χ2n) is 17.5. The third-order valence-electron chi connectivity index (χ3n) is 12.5. The number of nitrogens with two attached hydrogens (primary N) is 2. The van der Waals surface area contributed by atoms with Crippen molar-refractivity contribution in [2.75, 3.05) is 52.9 Å². The number of guanidine groups is 1. The minimum Gasteiger partial charge on any atom is -0.480 e. The summed E-state index contributed by atoms with van der Waals surface area (Å²) >= 11 is 0. The van der Waals surface area contributed by atoms with Gasteiger partial charge in [-0.2, -0.15) is 0 Å². The Morgan fingerprint density at radius 3 is 1.73 bits per heavy atom. The second-order valence-corrected chi connectivity index (χ2v) is 17.5. The first-order valence-corrected chi connectivity index (χ1v) is 23.6. The molecule has 23 nitrogen and oxygen atoms in total. The predicted molar refractivity (Wildman–Crippen MR) is 254 cm³/mol. The number of aliphatic carboxylic acids is 1. The first-order valence-electron chi connectivity index (χ1n) is 23.6. The lowest BCUT2D eigenvalue weighted by molar-refractivity contribution is -0.148. The maximum absolute atomic E-state index is 14.1. The molecule has 0 bridgehead atoms. The van der Waals surface area contributed by atoms with Crippen molar-refractivity contribution in [3.05, 3.63) is 71.8 Å². The van der Waals surface area contributed by atoms with Crippen molar-refractivity contribution < 1.29 is 53.4 Å². The zero-order valence-corrected chi connectivity index (χ0v) is 39.3. The van der Waals surface area contributed by atoms with Gasteiger partial charge in [0.1, 0.15) is 42.3 Å². The number of carboxylic acid groups (broad SMARTS) is 1. The standard InChI is InChI=1S/C47H66N12O11/c1-50-26-38(61)53-31(16-8-20-51-47(48)49)43(66)59-23-11-19-37(59)45(68)58-22-9-17-35(58)41(64)52-27-39(62)54-32(24-29-12-4-2-5-13-29)40(63)56-34(28-60)44(67)57-21-10-18-36(57)42(65)55-33(46(69)70)25-30-14-6-3-7-15-30/h2-7,12-15,31-37,50,60H,8-11,16-28H2,1H3,(H,52,64)(H,53,61)(H,54,62)(H,55,65)(H,56,63)(H,69,70)(H4,48,49,51). The van der Waals surface area contributed by atoms with E-state index < -0.39 is 109 Å². The molecule has 0 spiro atoms. The Balaban J connectivity index is 1.20. The number of likely N-dealkylation sites (N-methyl/N-ethyl adjacent to an activating group) is 1. The Labute approximate surface area is 405 Å². The van der Waals surface area contributed by atoms with Crippen LogP contribution < -0.4 is 43.4 Å². The Hall–Kier alpha value is -7.14. The van der Waals surface area contributed by atoms with Crippen LogP contribution in [-0.2, 0) is 56.0 Å². The normalized spacial score (nSPS) is 19.2. The Morgan fingerprint density at radius 1 is 0.643 bits per heavy atom. The lowest BCUT2D eigenvalue weighted by atomic mass is 10.0. The molecule has 3 fully saturated rings. The molecule has 0 aromatic heterocycles. The van der Waals surface area contributed by atoms with Crippen LogP contribution in [0.5, 0.6) is 0 Å². The number of hydrogen-bond acceptors (Lipinski definition) is 12. The van der Waals surface area contributed by atoms with E-state index in [0.717, 1.165) is 0 Å². The van der Waals surface area contributed by atoms with Gasteiger partial charge in [0.15, 0.2) is 5.96 Å². The van der Waals surface area contributed by atoms with E-state index >= 15 is 0 Å². The molecule has 12 N–H and O–H groups in total. The first kappa shape index (κ1) is 53.8. The molecule has 7 unspecified atom stereocenters. The fourth-order valence-corrected chi connectivity index (χ4v) is 9.02. The van der Waals surface area contributed by atoms with Crippen molar-refractivity contribution in [2.45, 2.75) is 107 Å². The second kappa shape index (κ2) is 26.6. The van der Waals surface area contributed by atoms with E-state index in [9.17, 15) is 53.4 Å². The van der Waals surface area contributed by atoms with Crippen molar-refractivity contribution in [3.8, 4) is 0 Å². The zero-order valence-electron chi connectivity index (χ0n) is 39.3. The number of carbonyl (C=O) groups is 9. The van der Waals surface area contributed by atoms with Crippen LogP contribution in [0, 0.1) is 0 Å². The summed E-state index contributed by atoms with van der Waals surface area (Å²) in [6.45, 7) is -0.667. The van der Waals surface area contributed by atoms with Crippen LogP contribution in [0.1, 0.15) is 62.5 Å². The van der Waals surface area contributed by atoms with Gasteiger partial charge < -0.3 is 68.3 Å². The summed E-state index contributed by atoms with van der Waals surface area (Å²) in [4.78, 5) is 129. The van der Waals surface area contributed by atoms with Gasteiger partial charge in [-0.1, -0.05) is 60.7 Å². The molecule has 23 heteroatoms. The molecule has 2 aromatic rings. The van der Waals surface area contributed by atoms with Gasteiger partial charge in [0.2, 0.25) is 47.3 Å². The summed E-state index contributed by atoms with van der Waals surface area (Å²) in [6.07, 6.45) is 2.78. The number of nitrogens with zero attached hydrogens (tertiary/aromatic N) is 4. The van der Waals surface area contributed by atoms with Gasteiger partial charge in [0.25, 0.3) is 0 Å². The molecule has 3 aliphatic rings. The van der Waals surface area contributed by atoms with Crippen molar-refractivity contribution in [1.29, 1.82) is 0 Å². The number of carboxylic acids is 1. The van der Waals surface area contributed by atoms with Gasteiger partial charge in [-0.15, -0.1) is 0 Å². The number of aliphatic imine (C=N–C) groups is 1. The smallest absolute Gasteiger partial charge is 0.326 e. The maximum Gasteiger partial charge on any atom is 0.326 e. The number of amides is 8. The molecule has 7 atom stereocenters. The molecule has 0 saturated carbocycles. The van der Waals surface area contributed by atoms with Crippen molar-refractivity contribution in [3.63, 3.8) is 0 Å². The van der Waals surface area contributed by atoms with Gasteiger partial charge in [-0.05, 0) is 69.5 Å². The zero-order chi connectivity index (χ0) is 50.7. The number of benzene rings is 2. The third kappa shape index (κ3) is 15.2. The van der Waals surface area contributed by atoms with E-state index in [-0.39, 0.29) is 70.8 Å². The van der Waals surface area contributed by atoms with Crippen molar-refractivity contribution in [2.24, 2.45) is 16.5 Å². The van der Waals surface area contributed by atoms with Gasteiger partial charge in [0, 0.05) is 39.0 Å². The molecule has 5 rings (SSSR count). The molecule has 8 amide bonds. The molecule has 2 aromatic carbocycles. The van der Waals surface area contributed by atoms with Gasteiger partial charge in [-0.3, -0.25) is 43.3 Å². The molecule has 70 heavy (non-hydrogen) atoms. The third-order valence-corrected chi connectivity index (χ3v) is 12.5. The number of nitrogens with one attached hydrogen (secondary N) is 6. The van der Waals surface area contributed by atoms with Crippen molar-refractivity contribution >= 4 is 59.2 Å². The summed E-state index contributed by atoms with van der Waals surface area (Å²) in [5.74, 6) is -6.37. The SMILES string of the molecule is CNCC(=O)NC(CCCN=C(N)N)C(=O)N1CCCC1C(=O)N1CCCC1C(=O)NCC(=O)NC(Cc1ccccc1)C(=O)NC(CO)C(=O)N1CCCC1C(=O)NC(Cc1ccccc1)C(=O)O. The van der Waals surface area contributed by atoms with E-state index in [2.05, 4.69) is 36.9 Å². The van der Waals surface area contributed by atoms with Crippen LogP contribution >= 0.6 is 0 Å². The molecule has 3 saturated heterocycles. The number of carbonyl (C=O) groups excluding carboxylic acids is 8. The van der Waals surface area contributed by atoms with Gasteiger partial charge in [0.05, 0.1) is 19.7 Å². The van der Waals surface area contributed by atoms with E-state index in [1.807, 2.05) is 0 Å². The number of likely N-dealkylation sites (tertiary alicyclic amines) is 3. The molecular weight excluding hydrogens is 909 g/mol. The molecule has 380 valence electrons. The van der Waals surface area contributed by atoms with E-state index in [1.165, 1.54) is 14.7 Å². The largest absolute Gasteiger partial charge is 0.480 e. The van der Waals surface area contributed by atoms with Crippen molar-refractivity contribution in [1.82, 2.24) is 46.6 Å². The van der Waals surface area contributed by atoms with Crippen LogP contribution in [0.2, 0.25) is 0 Å². The van der Waals surface area contributed by atoms with Gasteiger partial charge in [-0.25, -0.2) is 4.79 Å². The highest BCUT2D eigenvalue weighted by molar-refractivity contribution is 5.98. The Kier molecular flexibility index (Phi) is 20.4. The van der Waals surface area contributed by atoms with E-state index in [4.69, 9.17) is 11.5 Å². The number of hydrogen-bond donors (Lipinski definition) is 10. The topological polar surface area (TPSA) is 340 Å². The highest BCUT2D eigenvalue weighted by atomic mass is 16.4. The molecule has 0 radical (unpaired) electrons. The molecule has 0 aliphatic carbocycles. The van der Waals surface area contributed by atoms with E-state index in [1.54, 1.807) is 67.7 Å². The maximum atomic E-state index is 14.1. The predicted octanol–water partition coefficient (Wildman–Crippen LogP) is -3.15. The van der Waals surface area contributed by atoms with Crippen LogP contribution in [-0.4, -0.2) is 179 Å². The highest BCUT2D eigenvalue weighted by Gasteiger charge is 2.44. The summed E-state index contributed by atoms with van der Waals surface area (Å²) < 4.78 is 0. The summed E-state index contributed by atoms with van der Waals surface area (Å²) in [5.41, 5.74) is 12.2. The monoisotopic (exact) mass is 974 g/mol. The first-order chi connectivity index (χ1) is 33.6. The van der Waals surface area contributed by atoms with Crippen LogP contribution in [0.15, 0.2) is 65.7 Å². The van der Waals surface area contributed by atoms with Gasteiger partial charge >= 0.3 is 5.97 Å². The van der Waals surface area contributed by atoms with Crippen LogP contribution in [0.4, 0.5) is 0 Å². The summed E-state index contributed by atoms with van der Waals surface area (Å²) in [7, 11) is 1.59. The fourth-order valence-electron chi connectivity index (χ4n) is 9.02. The summed E-state index contributed by atoms with van der Waals surface area (Å²) in [6, 6.07) is 9.39. The Bertz CT molecular complexity index is 2200. The molecule has 3 aliphatic heterocycles. The molecule has 3 heterocycles. The minimum absolute atomic E-state index is 0.00501. The quantitative estimate of drug-likeness (QED) is 0.0282. The van der Waals surface area contributed by atoms with Crippen LogP contribution in [0.25, 0.3) is 0 Å². The Morgan fingerprint density at radius 2 is 1.16 bits per heavy atom. The lowest BCUT2D eigenvalue weighted by Gasteiger charge is -2.33. The average molecular weight is 975 g/mol. The summed E-state index contributed by atoms with van der Waals surface area (Å²) in [5, 5.41) is 35.9. The minimum atomic E-state index is -1.54. The number of aliphatic hydroxyl groups excluding tert-OH is 1.